The Hall–Kier alpha value is -3.44. The van der Waals surface area contributed by atoms with Crippen LogP contribution < -0.4 is 21.9 Å². The molecule has 46 heavy (non-hydrogen) atoms. The van der Waals surface area contributed by atoms with E-state index in [1.807, 2.05) is 0 Å². The lowest BCUT2D eigenvalue weighted by Gasteiger charge is -2.31. The maximum atomic E-state index is 13.1. The van der Waals surface area contributed by atoms with Crippen molar-refractivity contribution in [3.05, 3.63) is 29.3 Å². The van der Waals surface area contributed by atoms with Crippen LogP contribution in [-0.2, 0) is 36.7 Å². The molecule has 3 saturated heterocycles. The Balaban J connectivity index is 0.00000372. The molecular weight excluding hydrogens is 662 g/mol. The molecule has 23 nitrogen and oxygen atoms in total. The van der Waals surface area contributed by atoms with Crippen LogP contribution in [0.1, 0.15) is 19.9 Å². The number of imidazole rings is 2. The molecule has 4 aromatic heterocycles. The van der Waals surface area contributed by atoms with Gasteiger partial charge >= 0.3 is 7.82 Å². The zero-order valence-corrected chi connectivity index (χ0v) is 24.2. The van der Waals surface area contributed by atoms with E-state index in [0.717, 1.165) is 17.2 Å². The van der Waals surface area contributed by atoms with Crippen molar-refractivity contribution in [3.8, 4) is 0 Å². The summed E-state index contributed by atoms with van der Waals surface area (Å²) < 4.78 is 60.7. The maximum Gasteiger partial charge on any atom is 0.472 e. The SMILES string of the molecule is C.Nc1nc2c(ncn2[C@@H]2O[C@@H]3COP(=O)(O)OC4[C@@H](O)[C@@H](COP(=O)([O-])O[C@H]2C3O)O[C@H]4n2cnc3c(N)ncnc32)c(=O)[nH]1. The van der Waals surface area contributed by atoms with Crippen LogP contribution in [0.2, 0.25) is 0 Å². The van der Waals surface area contributed by atoms with Crippen LogP contribution >= 0.6 is 15.6 Å². The fourth-order valence-electron chi connectivity index (χ4n) is 5.27. The first-order chi connectivity index (χ1) is 21.3. The van der Waals surface area contributed by atoms with Crippen molar-refractivity contribution in [3.63, 3.8) is 0 Å². The molecule has 7 rings (SSSR count). The van der Waals surface area contributed by atoms with Crippen molar-refractivity contribution >= 4 is 49.7 Å². The number of anilines is 2. The average Bonchev–Trinajstić information content (AvgIpc) is 3.72. The number of nitrogens with zero attached hydrogens (tertiary/aromatic N) is 7. The number of H-pyrrole nitrogens is 1. The predicted octanol–water partition coefficient (Wildman–Crippen LogP) is -2.34. The summed E-state index contributed by atoms with van der Waals surface area (Å²) in [6, 6.07) is 0. The summed E-state index contributed by atoms with van der Waals surface area (Å²) in [4.78, 5) is 58.1. The number of phosphoric acid groups is 2. The van der Waals surface area contributed by atoms with Gasteiger partial charge in [0.1, 0.15) is 48.5 Å². The molecule has 0 radical (unpaired) electrons. The topological polar surface area (TPSA) is 332 Å². The number of ether oxygens (including phenoxy) is 2. The predicted molar refractivity (Wildman–Crippen MR) is 148 cm³/mol. The van der Waals surface area contributed by atoms with Crippen molar-refractivity contribution in [2.75, 3.05) is 24.7 Å². The average molecular weight is 689 g/mol. The summed E-state index contributed by atoms with van der Waals surface area (Å²) in [7, 11) is -10.4. The molecule has 3 aliphatic heterocycles. The molecule has 4 unspecified atom stereocenters. The first kappa shape index (κ1) is 32.5. The van der Waals surface area contributed by atoms with Crippen LogP contribution in [0.4, 0.5) is 11.8 Å². The fourth-order valence-corrected chi connectivity index (χ4v) is 7.12. The maximum absolute atomic E-state index is 13.1. The normalized spacial score (nSPS) is 36.9. The van der Waals surface area contributed by atoms with Gasteiger partial charge in [-0.25, -0.2) is 24.5 Å². The molecule has 4 aromatic rings. The zero-order valence-electron chi connectivity index (χ0n) is 22.4. The van der Waals surface area contributed by atoms with E-state index in [-0.39, 0.29) is 41.5 Å². The van der Waals surface area contributed by atoms with Gasteiger partial charge in [0.2, 0.25) is 5.95 Å². The Labute approximate surface area is 256 Å². The van der Waals surface area contributed by atoms with E-state index < -0.39 is 83.5 Å². The van der Waals surface area contributed by atoms with Gasteiger partial charge in [-0.2, -0.15) is 4.98 Å². The molecule has 0 spiro atoms. The van der Waals surface area contributed by atoms with Crippen LogP contribution in [0.5, 0.6) is 0 Å². The fraction of sp³-hybridized carbons (Fsp3) is 0.524. The smallest absolute Gasteiger partial charge is 0.472 e. The van der Waals surface area contributed by atoms with Gasteiger partial charge < -0.3 is 50.0 Å². The number of aliphatic hydroxyl groups excluding tert-OH is 2. The van der Waals surface area contributed by atoms with E-state index in [1.165, 1.54) is 10.9 Å². The van der Waals surface area contributed by atoms with Gasteiger partial charge in [-0.05, 0) is 0 Å². The van der Waals surface area contributed by atoms with Crippen molar-refractivity contribution in [1.82, 2.24) is 39.0 Å². The third-order valence-electron chi connectivity index (χ3n) is 7.32. The van der Waals surface area contributed by atoms with E-state index in [9.17, 15) is 33.9 Å². The van der Waals surface area contributed by atoms with Crippen molar-refractivity contribution < 1.29 is 56.7 Å². The molecule has 250 valence electrons. The number of hydrogen-bond acceptors (Lipinski definition) is 19. The molecule has 8 N–H and O–H groups in total. The Morgan fingerprint density at radius 1 is 0.891 bits per heavy atom. The second-order valence-electron chi connectivity index (χ2n) is 10.1. The molecule has 10 atom stereocenters. The highest BCUT2D eigenvalue weighted by Crippen LogP contribution is 2.52. The van der Waals surface area contributed by atoms with Gasteiger partial charge in [0.05, 0.1) is 25.9 Å². The van der Waals surface area contributed by atoms with Gasteiger partial charge in [0, 0.05) is 0 Å². The molecule has 3 fully saturated rings. The lowest BCUT2D eigenvalue weighted by atomic mass is 10.1. The summed E-state index contributed by atoms with van der Waals surface area (Å²) in [6.07, 6.45) is -9.65. The Bertz CT molecular complexity index is 1940. The lowest BCUT2D eigenvalue weighted by molar-refractivity contribution is -0.237. The number of aromatic amines is 1. The molecular formula is C21H27N10O13P2-. The Morgan fingerprint density at radius 2 is 1.48 bits per heavy atom. The standard InChI is InChI=1S/C20H24N10O13P2.CH4/c21-14-8-15(24-3-23-14)29(4-25-8)18-12-10(31)6(40-18)1-38-45(36,37)43-13-11(32)7(2-39-44(34,35)42-12)41-19(13)30-5-26-9-16(30)27-20(22)28-17(9)33;/h3-7,10-13,18-19,31-32H,1-2H2,(H,34,35)(H,36,37)(H2,21,23,24)(H3,22,27,28,33);1H4/p-1/t6-,7-,10+,11?,12?,13+,18-,19-;/m1./s1. The number of aromatic nitrogens is 8. The molecule has 0 aliphatic carbocycles. The van der Waals surface area contributed by atoms with Crippen molar-refractivity contribution in [2.45, 2.75) is 56.5 Å². The van der Waals surface area contributed by atoms with Crippen LogP contribution in [0, 0.1) is 0 Å². The van der Waals surface area contributed by atoms with Gasteiger partial charge in [-0.15, -0.1) is 0 Å². The van der Waals surface area contributed by atoms with E-state index in [2.05, 4.69) is 29.9 Å². The minimum atomic E-state index is -5.34. The van der Waals surface area contributed by atoms with Gasteiger partial charge in [0.15, 0.2) is 35.1 Å². The number of hydrogen-bond donors (Lipinski definition) is 6. The Morgan fingerprint density at radius 3 is 2.15 bits per heavy atom. The number of nitrogens with one attached hydrogen (secondary N) is 1. The monoisotopic (exact) mass is 689 g/mol. The summed E-state index contributed by atoms with van der Waals surface area (Å²) in [5.74, 6) is -0.290. The summed E-state index contributed by atoms with van der Waals surface area (Å²) >= 11 is 0. The lowest BCUT2D eigenvalue weighted by Crippen LogP contribution is -2.38. The molecule has 3 aliphatic rings. The van der Waals surface area contributed by atoms with Crippen LogP contribution in [-0.4, -0.2) is 104 Å². The second-order valence-corrected chi connectivity index (χ2v) is 12.9. The van der Waals surface area contributed by atoms with Gasteiger partial charge in [0.25, 0.3) is 13.4 Å². The third-order valence-corrected chi connectivity index (χ3v) is 9.27. The highest BCUT2D eigenvalue weighted by molar-refractivity contribution is 7.47. The second kappa shape index (κ2) is 11.7. The number of fused-ring (bicyclic) bond motifs is 6. The molecule has 0 amide bonds. The summed E-state index contributed by atoms with van der Waals surface area (Å²) in [5.41, 5.74) is 10.7. The molecule has 4 bridgehead atoms. The Kier molecular flexibility index (Phi) is 8.24. The number of rotatable bonds is 2. The van der Waals surface area contributed by atoms with E-state index >= 15 is 0 Å². The van der Waals surface area contributed by atoms with Gasteiger partial charge in [-0.3, -0.25) is 32.5 Å². The molecule has 0 saturated carbocycles. The van der Waals surface area contributed by atoms with Crippen LogP contribution in [0.25, 0.3) is 22.3 Å². The van der Waals surface area contributed by atoms with Gasteiger partial charge in [-0.1, -0.05) is 7.43 Å². The zero-order chi connectivity index (χ0) is 31.8. The van der Waals surface area contributed by atoms with E-state index in [4.69, 9.17) is 39.0 Å². The molecule has 7 heterocycles. The minimum Gasteiger partial charge on any atom is -0.756 e. The highest BCUT2D eigenvalue weighted by atomic mass is 31.2. The number of aliphatic hydroxyl groups is 2. The summed E-state index contributed by atoms with van der Waals surface area (Å²) in [6.45, 7) is -1.73. The third kappa shape index (κ3) is 5.59. The molecule has 25 heteroatoms. The highest BCUT2D eigenvalue weighted by Gasteiger charge is 2.53. The van der Waals surface area contributed by atoms with Crippen LogP contribution in [0.3, 0.4) is 0 Å². The minimum absolute atomic E-state index is 0. The largest absolute Gasteiger partial charge is 0.756 e. The molecule has 0 aromatic carbocycles. The van der Waals surface area contributed by atoms with E-state index in [0.29, 0.717) is 0 Å². The number of nitrogen functional groups attached to an aromatic ring is 2. The van der Waals surface area contributed by atoms with Crippen molar-refractivity contribution in [1.29, 1.82) is 0 Å². The van der Waals surface area contributed by atoms with E-state index in [1.54, 1.807) is 0 Å². The quantitative estimate of drug-likeness (QED) is 0.120. The first-order valence-corrected chi connectivity index (χ1v) is 15.9. The number of nitrogens with two attached hydrogens (primary N) is 2. The van der Waals surface area contributed by atoms with Crippen LogP contribution in [0.15, 0.2) is 23.8 Å². The summed E-state index contributed by atoms with van der Waals surface area (Å²) in [5, 5.41) is 22.0. The first-order valence-electron chi connectivity index (χ1n) is 12.9. The van der Waals surface area contributed by atoms with Crippen molar-refractivity contribution in [2.24, 2.45) is 0 Å². The number of phosphoric ester groups is 2.